The number of thiocarbonyl (C=S) groups is 1. The van der Waals surface area contributed by atoms with E-state index in [4.69, 9.17) is 21.7 Å². The Morgan fingerprint density at radius 2 is 1.76 bits per heavy atom. The first kappa shape index (κ1) is 19.2. The van der Waals surface area contributed by atoms with E-state index in [1.165, 1.54) is 0 Å². The molecule has 2 rings (SSSR count). The molecule has 0 fully saturated rings. The van der Waals surface area contributed by atoms with Crippen molar-refractivity contribution < 1.29 is 14.3 Å². The summed E-state index contributed by atoms with van der Waals surface area (Å²) in [6.45, 7) is 4.76. The summed E-state index contributed by atoms with van der Waals surface area (Å²) in [5.74, 6) is 0.816. The number of nitrogens with one attached hydrogen (secondary N) is 2. The van der Waals surface area contributed by atoms with Crippen LogP contribution in [-0.4, -0.2) is 24.2 Å². The van der Waals surface area contributed by atoms with Gasteiger partial charge in [0.05, 0.1) is 24.5 Å². The second-order valence-electron chi connectivity index (χ2n) is 4.91. The maximum Gasteiger partial charge on any atom is 0.261 e. The van der Waals surface area contributed by atoms with Crippen LogP contribution in [0.25, 0.3) is 0 Å². The van der Waals surface area contributed by atoms with Gasteiger partial charge in [-0.2, -0.15) is 0 Å². The van der Waals surface area contributed by atoms with Crippen LogP contribution >= 0.6 is 28.1 Å². The molecule has 0 saturated heterocycles. The van der Waals surface area contributed by atoms with Gasteiger partial charge in [0.15, 0.2) is 5.11 Å². The summed E-state index contributed by atoms with van der Waals surface area (Å²) in [6, 6.07) is 12.6. The van der Waals surface area contributed by atoms with Crippen molar-refractivity contribution in [3.8, 4) is 11.5 Å². The Morgan fingerprint density at radius 3 is 2.48 bits per heavy atom. The fourth-order valence-corrected chi connectivity index (χ4v) is 2.70. The number of anilines is 1. The zero-order valence-corrected chi connectivity index (χ0v) is 16.4. The van der Waals surface area contributed by atoms with Crippen LogP contribution in [0.3, 0.4) is 0 Å². The van der Waals surface area contributed by atoms with Crippen LogP contribution in [0.1, 0.15) is 24.2 Å². The molecule has 0 radical (unpaired) electrons. The van der Waals surface area contributed by atoms with Gasteiger partial charge >= 0.3 is 0 Å². The van der Waals surface area contributed by atoms with E-state index < -0.39 is 0 Å². The fraction of sp³-hybridized carbons (Fsp3) is 0.222. The highest BCUT2D eigenvalue weighted by molar-refractivity contribution is 9.10. The average molecular weight is 423 g/mol. The molecule has 132 valence electrons. The van der Waals surface area contributed by atoms with E-state index in [0.29, 0.717) is 36.0 Å². The molecule has 2 N–H and O–H groups in total. The molecule has 0 atom stereocenters. The van der Waals surface area contributed by atoms with Gasteiger partial charge in [0.2, 0.25) is 0 Å². The number of hydrogen-bond donors (Lipinski definition) is 2. The highest BCUT2D eigenvalue weighted by Crippen LogP contribution is 2.25. The molecular formula is C18H19BrN2O3S. The Hall–Kier alpha value is -2.12. The Morgan fingerprint density at radius 1 is 1.08 bits per heavy atom. The third kappa shape index (κ3) is 5.44. The maximum absolute atomic E-state index is 12.5. The topological polar surface area (TPSA) is 59.6 Å². The van der Waals surface area contributed by atoms with Crippen LogP contribution in [0.5, 0.6) is 11.5 Å². The summed E-state index contributed by atoms with van der Waals surface area (Å²) in [5, 5.41) is 5.83. The highest BCUT2D eigenvalue weighted by atomic mass is 79.9. The van der Waals surface area contributed by atoms with E-state index in [1.54, 1.807) is 12.1 Å². The number of ether oxygens (including phenoxy) is 2. The molecule has 0 saturated carbocycles. The average Bonchev–Trinajstić information content (AvgIpc) is 2.58. The normalized spacial score (nSPS) is 10.0. The van der Waals surface area contributed by atoms with Crippen molar-refractivity contribution in [2.45, 2.75) is 13.8 Å². The lowest BCUT2D eigenvalue weighted by atomic mass is 10.2. The smallest absolute Gasteiger partial charge is 0.261 e. The minimum absolute atomic E-state index is 0.180. The number of para-hydroxylation sites is 2. The number of halogens is 1. The molecule has 0 bridgehead atoms. The van der Waals surface area contributed by atoms with Gasteiger partial charge < -0.3 is 14.8 Å². The van der Waals surface area contributed by atoms with Crippen LogP contribution in [0, 0.1) is 0 Å². The molecule has 0 aromatic heterocycles. The second kappa shape index (κ2) is 9.39. The van der Waals surface area contributed by atoms with E-state index in [9.17, 15) is 4.79 Å². The number of amides is 1. The summed E-state index contributed by atoms with van der Waals surface area (Å²) >= 11 is 8.61. The van der Waals surface area contributed by atoms with Crippen molar-refractivity contribution in [1.29, 1.82) is 0 Å². The van der Waals surface area contributed by atoms with Crippen LogP contribution in [-0.2, 0) is 0 Å². The third-order valence-corrected chi connectivity index (χ3v) is 3.85. The molecule has 0 aliphatic heterocycles. The first-order chi connectivity index (χ1) is 12.0. The van der Waals surface area contributed by atoms with Crippen molar-refractivity contribution in [2.75, 3.05) is 18.5 Å². The molecule has 25 heavy (non-hydrogen) atoms. The van der Waals surface area contributed by atoms with Crippen LogP contribution in [0.15, 0.2) is 46.9 Å². The van der Waals surface area contributed by atoms with Crippen molar-refractivity contribution in [2.24, 2.45) is 0 Å². The molecule has 2 aromatic rings. The molecule has 7 heteroatoms. The Kier molecular flexibility index (Phi) is 7.21. The largest absolute Gasteiger partial charge is 0.493 e. The van der Waals surface area contributed by atoms with Gasteiger partial charge in [0, 0.05) is 4.47 Å². The number of carbonyl (C=O) groups excluding carboxylic acids is 1. The van der Waals surface area contributed by atoms with Crippen molar-refractivity contribution in [3.05, 3.63) is 52.5 Å². The first-order valence-electron chi connectivity index (χ1n) is 7.81. The van der Waals surface area contributed by atoms with E-state index >= 15 is 0 Å². The third-order valence-electron chi connectivity index (χ3n) is 3.15. The summed E-state index contributed by atoms with van der Waals surface area (Å²) in [7, 11) is 0. The summed E-state index contributed by atoms with van der Waals surface area (Å²) in [6.07, 6.45) is 0. The SMILES string of the molecule is CCOc1ccccc1NC(=S)NC(=O)c1cc(Br)ccc1OCC. The van der Waals surface area contributed by atoms with Gasteiger partial charge in [0.1, 0.15) is 11.5 Å². The highest BCUT2D eigenvalue weighted by Gasteiger charge is 2.15. The van der Waals surface area contributed by atoms with E-state index in [1.807, 2.05) is 44.2 Å². The first-order valence-corrected chi connectivity index (χ1v) is 9.01. The van der Waals surface area contributed by atoms with Gasteiger partial charge in [-0.05, 0) is 56.4 Å². The monoisotopic (exact) mass is 422 g/mol. The molecular weight excluding hydrogens is 404 g/mol. The van der Waals surface area contributed by atoms with Crippen molar-refractivity contribution in [1.82, 2.24) is 5.32 Å². The van der Waals surface area contributed by atoms with Gasteiger partial charge in [-0.15, -0.1) is 0 Å². The van der Waals surface area contributed by atoms with Crippen molar-refractivity contribution in [3.63, 3.8) is 0 Å². The zero-order valence-electron chi connectivity index (χ0n) is 14.0. The lowest BCUT2D eigenvalue weighted by Crippen LogP contribution is -2.34. The molecule has 0 aliphatic carbocycles. The number of rotatable bonds is 6. The van der Waals surface area contributed by atoms with Crippen LogP contribution in [0.4, 0.5) is 5.69 Å². The lowest BCUT2D eigenvalue weighted by molar-refractivity contribution is 0.0974. The van der Waals surface area contributed by atoms with Crippen LogP contribution in [0.2, 0.25) is 0 Å². The van der Waals surface area contributed by atoms with E-state index in [0.717, 1.165) is 4.47 Å². The van der Waals surface area contributed by atoms with Crippen LogP contribution < -0.4 is 20.1 Å². The zero-order chi connectivity index (χ0) is 18.2. The Labute approximate surface area is 160 Å². The Bertz CT molecular complexity index is 768. The summed E-state index contributed by atoms with van der Waals surface area (Å²) in [5.41, 5.74) is 1.09. The number of benzene rings is 2. The Balaban J connectivity index is 2.11. The summed E-state index contributed by atoms with van der Waals surface area (Å²) < 4.78 is 11.8. The van der Waals surface area contributed by atoms with Gasteiger partial charge in [-0.25, -0.2) is 0 Å². The second-order valence-corrected chi connectivity index (χ2v) is 6.23. The predicted octanol–water partition coefficient (Wildman–Crippen LogP) is 4.37. The fourth-order valence-electron chi connectivity index (χ4n) is 2.14. The van der Waals surface area contributed by atoms with Gasteiger partial charge in [0.25, 0.3) is 5.91 Å². The lowest BCUT2D eigenvalue weighted by Gasteiger charge is -2.15. The molecule has 2 aromatic carbocycles. The van der Waals surface area contributed by atoms with Gasteiger partial charge in [-0.1, -0.05) is 28.1 Å². The quantitative estimate of drug-likeness (QED) is 0.676. The minimum Gasteiger partial charge on any atom is -0.493 e. The van der Waals surface area contributed by atoms with E-state index in [2.05, 4.69) is 26.6 Å². The summed E-state index contributed by atoms with van der Waals surface area (Å²) in [4.78, 5) is 12.5. The molecule has 0 spiro atoms. The molecule has 0 heterocycles. The number of carbonyl (C=O) groups is 1. The molecule has 0 unspecified atom stereocenters. The predicted molar refractivity (Wildman–Crippen MR) is 107 cm³/mol. The standard InChI is InChI=1S/C18H19BrN2O3S/c1-3-23-15-10-9-12(19)11-13(15)17(22)21-18(25)20-14-7-5-6-8-16(14)24-4-2/h5-11H,3-4H2,1-2H3,(H2,20,21,22,25). The maximum atomic E-state index is 12.5. The molecule has 5 nitrogen and oxygen atoms in total. The van der Waals surface area contributed by atoms with Gasteiger partial charge in [-0.3, -0.25) is 10.1 Å². The number of hydrogen-bond acceptors (Lipinski definition) is 4. The van der Waals surface area contributed by atoms with E-state index in [-0.39, 0.29) is 11.0 Å². The van der Waals surface area contributed by atoms with Crippen molar-refractivity contribution >= 4 is 44.9 Å². The molecule has 1 amide bonds. The minimum atomic E-state index is -0.351. The molecule has 0 aliphatic rings.